The maximum atomic E-state index is 12.9. The van der Waals surface area contributed by atoms with E-state index in [0.717, 1.165) is 0 Å². The molecule has 3 rings (SSSR count). The fourth-order valence-electron chi connectivity index (χ4n) is 3.46. The molecule has 2 aromatic carbocycles. The Morgan fingerprint density at radius 3 is 2.12 bits per heavy atom. The molecule has 1 saturated heterocycles. The van der Waals surface area contributed by atoms with E-state index in [4.69, 9.17) is 4.74 Å². The van der Waals surface area contributed by atoms with E-state index in [1.165, 1.54) is 0 Å². The third-order valence-electron chi connectivity index (χ3n) is 5.28. The lowest BCUT2D eigenvalue weighted by Gasteiger charge is -2.35. The summed E-state index contributed by atoms with van der Waals surface area (Å²) in [7, 11) is -3.56. The fraction of sp³-hybridized carbons (Fsp3) is 0.417. The van der Waals surface area contributed by atoms with Gasteiger partial charge in [0.1, 0.15) is 0 Å². The monoisotopic (exact) mass is 473 g/mol. The van der Waals surface area contributed by atoms with Crippen molar-refractivity contribution in [3.8, 4) is 0 Å². The van der Waals surface area contributed by atoms with Crippen LogP contribution in [0.25, 0.3) is 0 Å². The Kier molecular flexibility index (Phi) is 7.14. The van der Waals surface area contributed by atoms with Crippen LogP contribution in [0, 0.1) is 0 Å². The van der Waals surface area contributed by atoms with E-state index in [2.05, 4.69) is 10.0 Å². The second-order valence-corrected chi connectivity index (χ2v) is 11.7. The first-order valence-electron chi connectivity index (χ1n) is 10.8. The van der Waals surface area contributed by atoms with E-state index >= 15 is 0 Å². The molecular weight excluding hydrogens is 442 g/mol. The summed E-state index contributed by atoms with van der Waals surface area (Å²) in [5.41, 5.74) is 1.73. The van der Waals surface area contributed by atoms with Crippen molar-refractivity contribution in [2.45, 2.75) is 51.6 Å². The lowest BCUT2D eigenvalue weighted by atomic mass is 10.1. The van der Waals surface area contributed by atoms with E-state index in [-0.39, 0.29) is 24.0 Å². The van der Waals surface area contributed by atoms with Gasteiger partial charge < -0.3 is 15.0 Å². The molecule has 0 aromatic heterocycles. The van der Waals surface area contributed by atoms with Crippen LogP contribution in [0.3, 0.4) is 0 Å². The summed E-state index contributed by atoms with van der Waals surface area (Å²) in [6.07, 6.45) is -0.0622. The predicted molar refractivity (Wildman–Crippen MR) is 129 cm³/mol. The number of ether oxygens (including phenoxy) is 1. The third kappa shape index (κ3) is 6.11. The molecule has 1 fully saturated rings. The minimum atomic E-state index is -3.56. The van der Waals surface area contributed by atoms with Gasteiger partial charge in [0.25, 0.3) is 11.8 Å². The van der Waals surface area contributed by atoms with E-state index in [9.17, 15) is 18.0 Å². The van der Waals surface area contributed by atoms with Gasteiger partial charge in [-0.15, -0.1) is 0 Å². The van der Waals surface area contributed by atoms with E-state index in [0.29, 0.717) is 35.6 Å². The summed E-state index contributed by atoms with van der Waals surface area (Å²) in [6.45, 7) is 9.73. The molecule has 1 heterocycles. The van der Waals surface area contributed by atoms with Crippen molar-refractivity contribution in [2.24, 2.45) is 0 Å². The first kappa shape index (κ1) is 24.7. The van der Waals surface area contributed by atoms with Crippen LogP contribution in [0.2, 0.25) is 0 Å². The molecule has 2 amide bonds. The van der Waals surface area contributed by atoms with Gasteiger partial charge in [0.05, 0.1) is 17.0 Å². The highest BCUT2D eigenvalue weighted by Gasteiger charge is 2.29. The smallest absolute Gasteiger partial charge is 0.255 e. The van der Waals surface area contributed by atoms with Crippen molar-refractivity contribution in [3.05, 3.63) is 59.7 Å². The highest BCUT2D eigenvalue weighted by molar-refractivity contribution is 7.94. The Balaban J connectivity index is 1.68. The average Bonchev–Trinajstić information content (AvgIpc) is 2.72. The number of hydrogen-bond donors (Lipinski definition) is 2. The quantitative estimate of drug-likeness (QED) is 0.689. The number of rotatable bonds is 5. The lowest BCUT2D eigenvalue weighted by molar-refractivity contribution is -0.0586. The summed E-state index contributed by atoms with van der Waals surface area (Å²) in [6, 6.07) is 13.0. The van der Waals surface area contributed by atoms with Crippen molar-refractivity contribution in [3.63, 3.8) is 0 Å². The molecule has 0 unspecified atom stereocenters. The van der Waals surface area contributed by atoms with Crippen molar-refractivity contribution >= 4 is 33.2 Å². The van der Waals surface area contributed by atoms with Crippen LogP contribution in [0.5, 0.6) is 0 Å². The molecule has 2 aromatic rings. The molecule has 0 bridgehead atoms. The number of morpholine rings is 1. The molecule has 1 aliphatic heterocycles. The van der Waals surface area contributed by atoms with Gasteiger partial charge >= 0.3 is 0 Å². The number of anilines is 2. The van der Waals surface area contributed by atoms with Gasteiger partial charge in [-0.2, -0.15) is 0 Å². The molecule has 9 heteroatoms. The number of amides is 2. The van der Waals surface area contributed by atoms with E-state index in [1.807, 2.05) is 13.8 Å². The molecule has 1 aliphatic rings. The van der Waals surface area contributed by atoms with Crippen LogP contribution in [-0.4, -0.2) is 55.2 Å². The second-order valence-electron chi connectivity index (χ2n) is 9.30. The van der Waals surface area contributed by atoms with Gasteiger partial charge in [0.2, 0.25) is 10.0 Å². The highest BCUT2D eigenvalue weighted by Crippen LogP contribution is 2.21. The van der Waals surface area contributed by atoms with Gasteiger partial charge in [-0.05, 0) is 77.1 Å². The number of hydrogen-bond acceptors (Lipinski definition) is 5. The minimum absolute atomic E-state index is 0.0311. The van der Waals surface area contributed by atoms with Crippen molar-refractivity contribution in [1.82, 2.24) is 4.90 Å². The van der Waals surface area contributed by atoms with Crippen LogP contribution in [-0.2, 0) is 14.8 Å². The Morgan fingerprint density at radius 1 is 0.939 bits per heavy atom. The highest BCUT2D eigenvalue weighted by atomic mass is 32.2. The topological polar surface area (TPSA) is 105 Å². The molecule has 8 nitrogen and oxygen atoms in total. The van der Waals surface area contributed by atoms with Gasteiger partial charge in [0, 0.05) is 35.6 Å². The van der Waals surface area contributed by atoms with Crippen LogP contribution in [0.15, 0.2) is 48.5 Å². The first-order valence-corrected chi connectivity index (χ1v) is 12.3. The molecule has 2 atom stereocenters. The maximum absolute atomic E-state index is 12.9. The Bertz CT molecular complexity index is 1110. The van der Waals surface area contributed by atoms with Crippen LogP contribution < -0.4 is 10.0 Å². The summed E-state index contributed by atoms with van der Waals surface area (Å²) >= 11 is 0. The van der Waals surface area contributed by atoms with Gasteiger partial charge in [-0.25, -0.2) is 8.42 Å². The molecular formula is C24H31N3O5S. The summed E-state index contributed by atoms with van der Waals surface area (Å²) in [4.78, 5) is 27.4. The van der Waals surface area contributed by atoms with Crippen LogP contribution in [0.4, 0.5) is 11.4 Å². The number of benzene rings is 2. The molecule has 178 valence electrons. The Labute approximate surface area is 195 Å². The fourth-order valence-corrected chi connectivity index (χ4v) is 4.21. The average molecular weight is 474 g/mol. The number of sulfonamides is 1. The zero-order valence-corrected chi connectivity index (χ0v) is 20.4. The largest absolute Gasteiger partial charge is 0.372 e. The summed E-state index contributed by atoms with van der Waals surface area (Å²) < 4.78 is 31.8. The summed E-state index contributed by atoms with van der Waals surface area (Å²) in [5.74, 6) is -0.470. The molecule has 0 radical (unpaired) electrons. The van der Waals surface area contributed by atoms with E-state index in [1.54, 1.807) is 74.2 Å². The van der Waals surface area contributed by atoms with Gasteiger partial charge in [0.15, 0.2) is 0 Å². The van der Waals surface area contributed by atoms with Gasteiger partial charge in [-0.3, -0.25) is 14.3 Å². The SMILES string of the molecule is C[C@@H]1CN(C(=O)c2cccc(NC(=O)c3ccc(NS(=O)(=O)C(C)(C)C)cc3)c2)C[C@H](C)O1. The molecule has 0 aliphatic carbocycles. The number of nitrogens with one attached hydrogen (secondary N) is 2. The first-order chi connectivity index (χ1) is 15.4. The minimum Gasteiger partial charge on any atom is -0.372 e. The zero-order chi connectivity index (χ0) is 24.4. The van der Waals surface area contributed by atoms with Crippen molar-refractivity contribution in [2.75, 3.05) is 23.1 Å². The van der Waals surface area contributed by atoms with Crippen molar-refractivity contribution in [1.29, 1.82) is 0 Å². The summed E-state index contributed by atoms with van der Waals surface area (Å²) in [5, 5.41) is 2.79. The Morgan fingerprint density at radius 2 is 1.55 bits per heavy atom. The van der Waals surface area contributed by atoms with Crippen LogP contribution in [0.1, 0.15) is 55.3 Å². The Hall–Kier alpha value is -2.91. The van der Waals surface area contributed by atoms with Crippen LogP contribution >= 0.6 is 0 Å². The molecule has 2 N–H and O–H groups in total. The van der Waals surface area contributed by atoms with Gasteiger partial charge in [-0.1, -0.05) is 6.07 Å². The lowest BCUT2D eigenvalue weighted by Crippen LogP contribution is -2.48. The standard InChI is InChI=1S/C24H31N3O5S/c1-16-14-27(15-17(2)32-16)23(29)19-7-6-8-21(13-19)25-22(28)18-9-11-20(12-10-18)26-33(30,31)24(3,4)5/h6-13,16-17,26H,14-15H2,1-5H3,(H,25,28)/t16-,17+. The maximum Gasteiger partial charge on any atom is 0.255 e. The normalized spacial score (nSPS) is 19.1. The number of nitrogens with zero attached hydrogens (tertiary/aromatic N) is 1. The third-order valence-corrected chi connectivity index (χ3v) is 7.40. The molecule has 0 spiro atoms. The number of carbonyl (C=O) groups is 2. The predicted octanol–water partition coefficient (Wildman–Crippen LogP) is 3.73. The van der Waals surface area contributed by atoms with E-state index < -0.39 is 14.8 Å². The second kappa shape index (κ2) is 9.52. The van der Waals surface area contributed by atoms with Crippen molar-refractivity contribution < 1.29 is 22.7 Å². The molecule has 33 heavy (non-hydrogen) atoms. The zero-order valence-electron chi connectivity index (χ0n) is 19.6. The number of carbonyl (C=O) groups excluding carboxylic acids is 2. The molecule has 0 saturated carbocycles.